The van der Waals surface area contributed by atoms with E-state index in [9.17, 15) is 19.5 Å². The Bertz CT molecular complexity index is 849. The van der Waals surface area contributed by atoms with Gasteiger partial charge >= 0.3 is 6.09 Å². The molecule has 1 aromatic carbocycles. The van der Waals surface area contributed by atoms with Crippen molar-refractivity contribution in [3.05, 3.63) is 35.9 Å². The molecule has 0 fully saturated rings. The van der Waals surface area contributed by atoms with Crippen LogP contribution in [0.15, 0.2) is 30.3 Å². The van der Waals surface area contributed by atoms with Crippen LogP contribution in [-0.4, -0.2) is 46.8 Å². The molecule has 0 heterocycles. The zero-order chi connectivity index (χ0) is 28.3. The fraction of sp³-hybridized carbons (Fsp3) is 0.690. The number of amides is 3. The highest BCUT2D eigenvalue weighted by molar-refractivity contribution is 5.88. The molecule has 0 saturated heterocycles. The van der Waals surface area contributed by atoms with E-state index in [1.165, 1.54) is 0 Å². The number of carbonyl (C=O) groups is 3. The summed E-state index contributed by atoms with van der Waals surface area (Å²) in [4.78, 5) is 38.7. The second-order valence-corrected chi connectivity index (χ2v) is 12.0. The third-order valence-corrected chi connectivity index (χ3v) is 6.09. The summed E-state index contributed by atoms with van der Waals surface area (Å²) in [6.07, 6.45) is -0.883. The normalized spacial score (nSPS) is 15.2. The van der Waals surface area contributed by atoms with Crippen LogP contribution in [0.5, 0.6) is 0 Å². The standard InChI is InChI=1S/C29H49N3O5/c1-18(2)15-23(31-28(36)37-29(7,8)9)24(33)16-22(19(3)4)26(34)32-25(20(5)6)27(35)30-17-21-13-11-10-12-14-21/h10-14,18-20,22-25,33H,15-17H2,1-9H3,(H,30,35)(H,31,36)(H,32,34)/t22-,23-,24-,25-/m0/s1. The van der Waals surface area contributed by atoms with Gasteiger partial charge < -0.3 is 25.8 Å². The molecule has 1 rings (SSSR count). The highest BCUT2D eigenvalue weighted by Crippen LogP contribution is 2.23. The van der Waals surface area contributed by atoms with Crippen LogP contribution in [0, 0.1) is 23.7 Å². The first-order chi connectivity index (χ1) is 17.1. The zero-order valence-electron chi connectivity index (χ0n) is 24.1. The van der Waals surface area contributed by atoms with E-state index in [1.54, 1.807) is 20.8 Å². The number of aliphatic hydroxyl groups is 1. The van der Waals surface area contributed by atoms with Gasteiger partial charge in [-0.3, -0.25) is 9.59 Å². The van der Waals surface area contributed by atoms with Gasteiger partial charge in [0.05, 0.1) is 12.1 Å². The van der Waals surface area contributed by atoms with E-state index in [2.05, 4.69) is 16.0 Å². The second kappa shape index (κ2) is 15.0. The van der Waals surface area contributed by atoms with Crippen molar-refractivity contribution >= 4 is 17.9 Å². The summed E-state index contributed by atoms with van der Waals surface area (Å²) in [7, 11) is 0. The Hall–Kier alpha value is -2.61. The summed E-state index contributed by atoms with van der Waals surface area (Å²) in [6.45, 7) is 17.3. The molecule has 37 heavy (non-hydrogen) atoms. The number of benzene rings is 1. The lowest BCUT2D eigenvalue weighted by molar-refractivity contribution is -0.133. The minimum Gasteiger partial charge on any atom is -0.444 e. The predicted octanol–water partition coefficient (Wildman–Crippen LogP) is 4.41. The quantitative estimate of drug-likeness (QED) is 0.308. The molecule has 4 atom stereocenters. The van der Waals surface area contributed by atoms with Crippen molar-refractivity contribution in [1.29, 1.82) is 0 Å². The van der Waals surface area contributed by atoms with Crippen LogP contribution < -0.4 is 16.0 Å². The van der Waals surface area contributed by atoms with E-state index in [-0.39, 0.29) is 36.0 Å². The Morgan fingerprint density at radius 1 is 0.865 bits per heavy atom. The molecule has 0 aliphatic heterocycles. The molecular weight excluding hydrogens is 470 g/mol. The number of aliphatic hydroxyl groups excluding tert-OH is 1. The van der Waals surface area contributed by atoms with Gasteiger partial charge in [-0.1, -0.05) is 71.9 Å². The Balaban J connectivity index is 2.91. The van der Waals surface area contributed by atoms with Crippen LogP contribution in [0.3, 0.4) is 0 Å². The number of carbonyl (C=O) groups excluding carboxylic acids is 3. The van der Waals surface area contributed by atoms with Crippen molar-refractivity contribution in [1.82, 2.24) is 16.0 Å². The summed E-state index contributed by atoms with van der Waals surface area (Å²) < 4.78 is 5.38. The molecule has 0 radical (unpaired) electrons. The summed E-state index contributed by atoms with van der Waals surface area (Å²) in [6, 6.07) is 8.31. The van der Waals surface area contributed by atoms with E-state index in [4.69, 9.17) is 4.74 Å². The van der Waals surface area contributed by atoms with Crippen molar-refractivity contribution in [2.24, 2.45) is 23.7 Å². The maximum absolute atomic E-state index is 13.4. The van der Waals surface area contributed by atoms with E-state index in [0.29, 0.717) is 13.0 Å². The fourth-order valence-corrected chi connectivity index (χ4v) is 4.08. The van der Waals surface area contributed by atoms with Gasteiger partial charge in [-0.05, 0) is 56.9 Å². The highest BCUT2D eigenvalue weighted by Gasteiger charge is 2.34. The summed E-state index contributed by atoms with van der Waals surface area (Å²) in [5.41, 5.74) is 0.312. The second-order valence-electron chi connectivity index (χ2n) is 12.0. The van der Waals surface area contributed by atoms with Gasteiger partial charge in [0.25, 0.3) is 0 Å². The third kappa shape index (κ3) is 12.5. The molecule has 0 aliphatic carbocycles. The number of hydrogen-bond acceptors (Lipinski definition) is 5. The molecule has 0 spiro atoms. The minimum atomic E-state index is -0.961. The first-order valence-corrected chi connectivity index (χ1v) is 13.4. The average Bonchev–Trinajstić information content (AvgIpc) is 2.77. The minimum absolute atomic E-state index is 0.0870. The molecular formula is C29H49N3O5. The Morgan fingerprint density at radius 3 is 1.95 bits per heavy atom. The van der Waals surface area contributed by atoms with Gasteiger partial charge in [-0.2, -0.15) is 0 Å². The lowest BCUT2D eigenvalue weighted by Crippen LogP contribution is -2.53. The lowest BCUT2D eigenvalue weighted by atomic mass is 9.85. The largest absolute Gasteiger partial charge is 0.444 e. The van der Waals surface area contributed by atoms with Gasteiger partial charge in [-0.15, -0.1) is 0 Å². The predicted molar refractivity (Wildman–Crippen MR) is 147 cm³/mol. The van der Waals surface area contributed by atoms with Gasteiger partial charge in [0.1, 0.15) is 11.6 Å². The van der Waals surface area contributed by atoms with E-state index >= 15 is 0 Å². The van der Waals surface area contributed by atoms with Crippen molar-refractivity contribution < 1.29 is 24.2 Å². The van der Waals surface area contributed by atoms with Crippen molar-refractivity contribution in [2.45, 2.75) is 105 Å². The third-order valence-electron chi connectivity index (χ3n) is 6.09. The van der Waals surface area contributed by atoms with E-state index in [1.807, 2.05) is 71.9 Å². The van der Waals surface area contributed by atoms with Gasteiger partial charge in [0.15, 0.2) is 0 Å². The van der Waals surface area contributed by atoms with Crippen LogP contribution in [-0.2, 0) is 20.9 Å². The summed E-state index contributed by atoms with van der Waals surface area (Å²) in [5, 5.41) is 19.7. The molecule has 0 aliphatic rings. The Labute approximate surface area is 223 Å². The zero-order valence-corrected chi connectivity index (χ0v) is 24.1. The molecule has 1 aromatic rings. The summed E-state index contributed by atoms with van der Waals surface area (Å²) >= 11 is 0. The molecule has 8 heteroatoms. The average molecular weight is 520 g/mol. The maximum Gasteiger partial charge on any atom is 0.407 e. The highest BCUT2D eigenvalue weighted by atomic mass is 16.6. The Morgan fingerprint density at radius 2 is 1.46 bits per heavy atom. The molecule has 0 bridgehead atoms. The SMILES string of the molecule is CC(C)C[C@H](NC(=O)OC(C)(C)C)[C@@H](O)C[C@H](C(=O)N[C@H](C(=O)NCc1ccccc1)C(C)C)C(C)C. The molecule has 8 nitrogen and oxygen atoms in total. The van der Waals surface area contributed by atoms with Crippen LogP contribution in [0.2, 0.25) is 0 Å². The number of nitrogens with one attached hydrogen (secondary N) is 3. The summed E-state index contributed by atoms with van der Waals surface area (Å²) in [5.74, 6) is -1.09. The van der Waals surface area contributed by atoms with Crippen molar-refractivity contribution in [3.63, 3.8) is 0 Å². The Kier molecular flexibility index (Phi) is 13.1. The molecule has 0 aromatic heterocycles. The first kappa shape index (κ1) is 32.4. The van der Waals surface area contributed by atoms with Crippen molar-refractivity contribution in [3.8, 4) is 0 Å². The van der Waals surface area contributed by atoms with Crippen molar-refractivity contribution in [2.75, 3.05) is 0 Å². The van der Waals surface area contributed by atoms with Crippen LogP contribution >= 0.6 is 0 Å². The lowest BCUT2D eigenvalue weighted by Gasteiger charge is -2.31. The molecule has 3 amide bonds. The molecule has 0 saturated carbocycles. The molecule has 4 N–H and O–H groups in total. The maximum atomic E-state index is 13.4. The van der Waals surface area contributed by atoms with Crippen LogP contribution in [0.4, 0.5) is 4.79 Å². The van der Waals surface area contributed by atoms with Gasteiger partial charge in [0, 0.05) is 12.5 Å². The van der Waals surface area contributed by atoms with E-state index in [0.717, 1.165) is 5.56 Å². The number of rotatable bonds is 13. The number of ether oxygens (including phenoxy) is 1. The van der Waals surface area contributed by atoms with Gasteiger partial charge in [0.2, 0.25) is 11.8 Å². The first-order valence-electron chi connectivity index (χ1n) is 13.4. The number of hydrogen-bond donors (Lipinski definition) is 4. The smallest absolute Gasteiger partial charge is 0.407 e. The topological polar surface area (TPSA) is 117 Å². The van der Waals surface area contributed by atoms with E-state index < -0.39 is 35.8 Å². The molecule has 210 valence electrons. The fourth-order valence-electron chi connectivity index (χ4n) is 4.08. The molecule has 0 unspecified atom stereocenters. The van der Waals surface area contributed by atoms with Crippen LogP contribution in [0.25, 0.3) is 0 Å². The van der Waals surface area contributed by atoms with Gasteiger partial charge in [-0.25, -0.2) is 4.79 Å². The van der Waals surface area contributed by atoms with Crippen LogP contribution in [0.1, 0.15) is 80.7 Å². The number of alkyl carbamates (subject to hydrolysis) is 1. The monoisotopic (exact) mass is 519 g/mol.